The minimum Gasteiger partial charge on any atom is -0.497 e. The average molecular weight is 301 g/mol. The Hall–Kier alpha value is -0.570. The summed E-state index contributed by atoms with van der Waals surface area (Å²) in [6, 6.07) is 5.12. The van der Waals surface area contributed by atoms with Crippen molar-refractivity contribution in [3.8, 4) is 5.75 Å². The largest absolute Gasteiger partial charge is 0.497 e. The maximum Gasteiger partial charge on any atom is 0.131 e. The van der Waals surface area contributed by atoms with Crippen molar-refractivity contribution in [2.45, 2.75) is 31.0 Å². The first-order valence-corrected chi connectivity index (χ1v) is 7.02. The SMILES string of the molecule is COc1ccc(C(Br)C2CCCC2C)c(F)c1. The third kappa shape index (κ3) is 2.65. The van der Waals surface area contributed by atoms with E-state index in [2.05, 4.69) is 22.9 Å². The zero-order valence-corrected chi connectivity index (χ0v) is 11.8. The monoisotopic (exact) mass is 300 g/mol. The van der Waals surface area contributed by atoms with Gasteiger partial charge in [0, 0.05) is 16.5 Å². The first kappa shape index (κ1) is 12.9. The van der Waals surface area contributed by atoms with Gasteiger partial charge in [-0.2, -0.15) is 0 Å². The molecule has 0 aromatic heterocycles. The highest BCUT2D eigenvalue weighted by Gasteiger charge is 2.31. The molecule has 3 atom stereocenters. The van der Waals surface area contributed by atoms with E-state index in [0.29, 0.717) is 17.6 Å². The Morgan fingerprint density at radius 1 is 1.41 bits per heavy atom. The van der Waals surface area contributed by atoms with E-state index >= 15 is 0 Å². The second-order valence-electron chi connectivity index (χ2n) is 4.86. The highest BCUT2D eigenvalue weighted by atomic mass is 79.9. The van der Waals surface area contributed by atoms with Crippen LogP contribution in [0.5, 0.6) is 5.75 Å². The Labute approximate surface area is 110 Å². The lowest BCUT2D eigenvalue weighted by atomic mass is 9.90. The van der Waals surface area contributed by atoms with Gasteiger partial charge in [0.2, 0.25) is 0 Å². The number of alkyl halides is 1. The van der Waals surface area contributed by atoms with Crippen LogP contribution in [0.25, 0.3) is 0 Å². The summed E-state index contributed by atoms with van der Waals surface area (Å²) in [5, 5.41) is 0. The lowest BCUT2D eigenvalue weighted by Crippen LogP contribution is -2.11. The summed E-state index contributed by atoms with van der Waals surface area (Å²) in [6.07, 6.45) is 3.69. The van der Waals surface area contributed by atoms with Gasteiger partial charge in [-0.05, 0) is 24.3 Å². The van der Waals surface area contributed by atoms with Gasteiger partial charge in [0.05, 0.1) is 7.11 Å². The van der Waals surface area contributed by atoms with Crippen molar-refractivity contribution in [1.29, 1.82) is 0 Å². The van der Waals surface area contributed by atoms with Gasteiger partial charge in [0.1, 0.15) is 11.6 Å². The number of halogens is 2. The molecule has 2 rings (SSSR count). The first-order valence-electron chi connectivity index (χ1n) is 6.11. The zero-order chi connectivity index (χ0) is 12.4. The Morgan fingerprint density at radius 2 is 2.18 bits per heavy atom. The van der Waals surface area contributed by atoms with E-state index in [1.165, 1.54) is 25.3 Å². The van der Waals surface area contributed by atoms with E-state index in [9.17, 15) is 4.39 Å². The third-order valence-electron chi connectivity index (χ3n) is 3.81. The van der Waals surface area contributed by atoms with Crippen molar-refractivity contribution < 1.29 is 9.13 Å². The van der Waals surface area contributed by atoms with Crippen LogP contribution >= 0.6 is 15.9 Å². The van der Waals surface area contributed by atoms with Crippen molar-refractivity contribution in [3.63, 3.8) is 0 Å². The molecule has 0 amide bonds. The Morgan fingerprint density at radius 3 is 2.71 bits per heavy atom. The molecule has 3 heteroatoms. The van der Waals surface area contributed by atoms with Gasteiger partial charge >= 0.3 is 0 Å². The molecule has 0 bridgehead atoms. The van der Waals surface area contributed by atoms with E-state index in [0.717, 1.165) is 5.56 Å². The summed E-state index contributed by atoms with van der Waals surface area (Å²) in [5.41, 5.74) is 0.754. The van der Waals surface area contributed by atoms with Gasteiger partial charge in [-0.15, -0.1) is 0 Å². The van der Waals surface area contributed by atoms with E-state index in [1.807, 2.05) is 12.1 Å². The topological polar surface area (TPSA) is 9.23 Å². The lowest BCUT2D eigenvalue weighted by molar-refractivity contribution is 0.399. The molecule has 1 aromatic carbocycles. The normalized spacial score (nSPS) is 25.9. The number of methoxy groups -OCH3 is 1. The summed E-state index contributed by atoms with van der Waals surface area (Å²) >= 11 is 3.67. The Bertz CT molecular complexity index is 394. The van der Waals surface area contributed by atoms with Crippen molar-refractivity contribution in [2.24, 2.45) is 11.8 Å². The Balaban J connectivity index is 2.21. The number of ether oxygens (including phenoxy) is 1. The minimum absolute atomic E-state index is 0.117. The summed E-state index contributed by atoms with van der Waals surface area (Å²) in [7, 11) is 1.55. The van der Waals surface area contributed by atoms with Crippen LogP contribution in [0.1, 0.15) is 36.6 Å². The second-order valence-corrected chi connectivity index (χ2v) is 5.85. The zero-order valence-electron chi connectivity index (χ0n) is 10.2. The molecular formula is C14H18BrFO. The molecule has 1 aromatic rings. The predicted molar refractivity (Wildman–Crippen MR) is 71.1 cm³/mol. The second kappa shape index (κ2) is 5.38. The summed E-state index contributed by atoms with van der Waals surface area (Å²) in [6.45, 7) is 2.26. The fourth-order valence-corrected chi connectivity index (χ4v) is 3.85. The quantitative estimate of drug-likeness (QED) is 0.735. The van der Waals surface area contributed by atoms with Crippen LogP contribution in [0.4, 0.5) is 4.39 Å². The fraction of sp³-hybridized carbons (Fsp3) is 0.571. The van der Waals surface area contributed by atoms with Crippen molar-refractivity contribution in [2.75, 3.05) is 7.11 Å². The van der Waals surface area contributed by atoms with E-state index in [1.54, 1.807) is 7.11 Å². The minimum atomic E-state index is -0.176. The lowest BCUT2D eigenvalue weighted by Gasteiger charge is -2.22. The molecule has 0 spiro atoms. The number of benzene rings is 1. The van der Waals surface area contributed by atoms with Crippen LogP contribution in [0.3, 0.4) is 0 Å². The first-order chi connectivity index (χ1) is 8.13. The maximum atomic E-state index is 14.0. The van der Waals surface area contributed by atoms with Crippen LogP contribution in [0.2, 0.25) is 0 Å². The number of rotatable bonds is 3. The van der Waals surface area contributed by atoms with Crippen LogP contribution < -0.4 is 4.74 Å². The summed E-state index contributed by atoms with van der Waals surface area (Å²) in [4.78, 5) is 0.117. The third-order valence-corrected chi connectivity index (χ3v) is 4.98. The fourth-order valence-electron chi connectivity index (χ4n) is 2.70. The molecule has 1 nitrogen and oxygen atoms in total. The van der Waals surface area contributed by atoms with Gasteiger partial charge in [0.15, 0.2) is 0 Å². The molecule has 0 radical (unpaired) electrons. The van der Waals surface area contributed by atoms with Crippen molar-refractivity contribution >= 4 is 15.9 Å². The molecule has 1 saturated carbocycles. The molecular weight excluding hydrogens is 283 g/mol. The Kier molecular flexibility index (Phi) is 4.08. The van der Waals surface area contributed by atoms with Crippen LogP contribution in [0.15, 0.2) is 18.2 Å². The highest BCUT2D eigenvalue weighted by Crippen LogP contribution is 2.45. The molecule has 1 fully saturated rings. The molecule has 1 aliphatic carbocycles. The standard InChI is InChI=1S/C14H18BrFO/c1-9-4-3-5-11(9)14(15)12-7-6-10(17-2)8-13(12)16/h6-9,11,14H,3-5H2,1-2H3. The molecule has 0 aliphatic heterocycles. The van der Waals surface area contributed by atoms with Gasteiger partial charge in [0.25, 0.3) is 0 Å². The molecule has 3 unspecified atom stereocenters. The average Bonchev–Trinajstić information content (AvgIpc) is 2.74. The number of hydrogen-bond acceptors (Lipinski definition) is 1. The summed E-state index contributed by atoms with van der Waals surface area (Å²) in [5.74, 6) is 1.61. The maximum absolute atomic E-state index is 14.0. The highest BCUT2D eigenvalue weighted by molar-refractivity contribution is 9.09. The molecule has 0 saturated heterocycles. The molecule has 94 valence electrons. The van der Waals surface area contributed by atoms with Crippen molar-refractivity contribution in [1.82, 2.24) is 0 Å². The van der Waals surface area contributed by atoms with Gasteiger partial charge < -0.3 is 4.74 Å². The van der Waals surface area contributed by atoms with Crippen LogP contribution in [0, 0.1) is 17.7 Å². The van der Waals surface area contributed by atoms with Crippen LogP contribution in [-0.2, 0) is 0 Å². The summed E-state index contributed by atoms with van der Waals surface area (Å²) < 4.78 is 19.0. The van der Waals surface area contributed by atoms with E-state index in [-0.39, 0.29) is 10.6 Å². The van der Waals surface area contributed by atoms with E-state index < -0.39 is 0 Å². The van der Waals surface area contributed by atoms with Crippen LogP contribution in [-0.4, -0.2) is 7.11 Å². The van der Waals surface area contributed by atoms with Crippen molar-refractivity contribution in [3.05, 3.63) is 29.6 Å². The molecule has 1 aliphatic rings. The smallest absolute Gasteiger partial charge is 0.131 e. The van der Waals surface area contributed by atoms with E-state index in [4.69, 9.17) is 4.74 Å². The molecule has 0 N–H and O–H groups in total. The van der Waals surface area contributed by atoms with Gasteiger partial charge in [-0.25, -0.2) is 4.39 Å². The van der Waals surface area contributed by atoms with Gasteiger partial charge in [-0.1, -0.05) is 41.8 Å². The molecule has 17 heavy (non-hydrogen) atoms. The molecule has 0 heterocycles. The number of hydrogen-bond donors (Lipinski definition) is 0. The predicted octanol–water partition coefficient (Wildman–Crippen LogP) is 4.71. The van der Waals surface area contributed by atoms with Gasteiger partial charge in [-0.3, -0.25) is 0 Å².